The summed E-state index contributed by atoms with van der Waals surface area (Å²) in [7, 11) is 2.06. The van der Waals surface area contributed by atoms with E-state index in [0.717, 1.165) is 79.8 Å². The Hall–Kier alpha value is -3.25. The van der Waals surface area contributed by atoms with Crippen LogP contribution in [0.15, 0.2) is 47.6 Å². The minimum atomic E-state index is -4.62. The number of anilines is 1. The molecule has 0 saturated carbocycles. The Balaban J connectivity index is 1.48. The van der Waals surface area contributed by atoms with Crippen molar-refractivity contribution < 1.29 is 22.8 Å². The predicted molar refractivity (Wildman–Crippen MR) is 171 cm³/mol. The highest BCUT2D eigenvalue weighted by molar-refractivity contribution is 7.17. The van der Waals surface area contributed by atoms with Crippen LogP contribution >= 0.6 is 22.9 Å². The first-order valence-electron chi connectivity index (χ1n) is 14.7. The zero-order chi connectivity index (χ0) is 31.9. The van der Waals surface area contributed by atoms with Gasteiger partial charge in [-0.3, -0.25) is 9.59 Å². The summed E-state index contributed by atoms with van der Waals surface area (Å²) < 4.78 is 39.7. The summed E-state index contributed by atoms with van der Waals surface area (Å²) in [6.45, 7) is 8.87. The number of likely N-dealkylation sites (N-methyl/N-ethyl adjacent to an activating group) is 2. The molecule has 0 atom stereocenters. The van der Waals surface area contributed by atoms with Crippen molar-refractivity contribution in [1.29, 1.82) is 0 Å². The molecule has 2 N–H and O–H groups in total. The summed E-state index contributed by atoms with van der Waals surface area (Å²) in [5.41, 5.74) is 4.28. The smallest absolute Gasteiger partial charge is 0.313 e. The molecular weight excluding hydrogens is 611 g/mol. The summed E-state index contributed by atoms with van der Waals surface area (Å²) in [5.74, 6) is -0.862. The molecule has 0 aliphatic heterocycles. The SMILES string of the molecule is CCN(CC)CCN(C)Cc1cccc(C(=O)Nc2sc3c(c2C(=O)N/N=C/c2ccc(Cl)c(C(F)(F)F)c2)CCCC3)c1. The molecule has 3 aromatic rings. The number of fused-ring (bicyclic) bond motifs is 1. The van der Waals surface area contributed by atoms with Crippen LogP contribution < -0.4 is 10.7 Å². The van der Waals surface area contributed by atoms with Crippen LogP contribution in [0.1, 0.15) is 74.5 Å². The highest BCUT2D eigenvalue weighted by Crippen LogP contribution is 2.38. The number of carbonyl (C=O) groups is 2. The van der Waals surface area contributed by atoms with Crippen LogP contribution in [0, 0.1) is 0 Å². The average Bonchev–Trinajstić information content (AvgIpc) is 3.35. The standard InChI is InChI=1S/C32H37ClF3N5O2S/c1-4-41(5-2)16-15-40(3)20-22-9-8-10-23(17-22)29(42)38-31-28(24-11-6-7-12-27(24)44-31)30(43)39-37-19-21-13-14-26(33)25(18-21)32(34,35)36/h8-10,13-14,17-19H,4-7,11-12,15-16,20H2,1-3H3,(H,38,42)(H,39,43)/b37-19+. The number of nitrogens with one attached hydrogen (secondary N) is 2. The molecule has 1 aliphatic rings. The lowest BCUT2D eigenvalue weighted by atomic mass is 9.95. The molecule has 0 spiro atoms. The zero-order valence-electron chi connectivity index (χ0n) is 25.1. The number of halogens is 4. The number of benzene rings is 2. The van der Waals surface area contributed by atoms with E-state index < -0.39 is 22.7 Å². The van der Waals surface area contributed by atoms with Crippen LogP contribution in [-0.4, -0.2) is 61.1 Å². The van der Waals surface area contributed by atoms with Gasteiger partial charge in [0.1, 0.15) is 5.00 Å². The van der Waals surface area contributed by atoms with Crippen molar-refractivity contribution in [2.45, 2.75) is 52.3 Å². The van der Waals surface area contributed by atoms with Gasteiger partial charge in [0.15, 0.2) is 0 Å². The number of nitrogens with zero attached hydrogens (tertiary/aromatic N) is 3. The molecule has 236 valence electrons. The third-order valence-electron chi connectivity index (χ3n) is 7.63. The predicted octanol–water partition coefficient (Wildman–Crippen LogP) is 7.09. The minimum Gasteiger partial charge on any atom is -0.313 e. The van der Waals surface area contributed by atoms with Gasteiger partial charge in [0.05, 0.1) is 22.4 Å². The van der Waals surface area contributed by atoms with Gasteiger partial charge in [0, 0.05) is 30.1 Å². The lowest BCUT2D eigenvalue weighted by molar-refractivity contribution is -0.137. The van der Waals surface area contributed by atoms with Gasteiger partial charge in [-0.2, -0.15) is 18.3 Å². The molecule has 0 bridgehead atoms. The van der Waals surface area contributed by atoms with E-state index in [-0.39, 0.29) is 11.5 Å². The van der Waals surface area contributed by atoms with Crippen molar-refractivity contribution in [3.8, 4) is 0 Å². The maximum atomic E-state index is 13.4. The van der Waals surface area contributed by atoms with Gasteiger partial charge in [0.25, 0.3) is 11.8 Å². The molecule has 1 aliphatic carbocycles. The molecule has 1 heterocycles. The average molecular weight is 648 g/mol. The minimum absolute atomic E-state index is 0.126. The van der Waals surface area contributed by atoms with Crippen LogP contribution in [0.4, 0.5) is 18.2 Å². The molecule has 7 nitrogen and oxygen atoms in total. The van der Waals surface area contributed by atoms with Crippen molar-refractivity contribution in [3.63, 3.8) is 0 Å². The van der Waals surface area contributed by atoms with E-state index in [1.807, 2.05) is 18.2 Å². The molecule has 12 heteroatoms. The van der Waals surface area contributed by atoms with E-state index in [4.69, 9.17) is 11.6 Å². The van der Waals surface area contributed by atoms with E-state index in [9.17, 15) is 22.8 Å². The highest BCUT2D eigenvalue weighted by Gasteiger charge is 2.33. The number of hydrogen-bond donors (Lipinski definition) is 2. The second-order valence-corrected chi connectivity index (χ2v) is 12.3. The molecule has 2 aromatic carbocycles. The Morgan fingerprint density at radius 2 is 1.80 bits per heavy atom. The number of carbonyl (C=O) groups excluding carboxylic acids is 2. The third kappa shape index (κ3) is 8.68. The Labute approximate surface area is 265 Å². The van der Waals surface area contributed by atoms with E-state index >= 15 is 0 Å². The molecule has 0 radical (unpaired) electrons. The number of aryl methyl sites for hydroxylation is 1. The Morgan fingerprint density at radius 1 is 1.05 bits per heavy atom. The summed E-state index contributed by atoms with van der Waals surface area (Å²) in [5, 5.41) is 6.86. The van der Waals surface area contributed by atoms with Crippen LogP contribution in [0.2, 0.25) is 5.02 Å². The Kier molecular flexibility index (Phi) is 11.6. The highest BCUT2D eigenvalue weighted by atomic mass is 35.5. The second kappa shape index (κ2) is 15.2. The number of alkyl halides is 3. The summed E-state index contributed by atoms with van der Waals surface area (Å²) in [6, 6.07) is 10.8. The summed E-state index contributed by atoms with van der Waals surface area (Å²) in [4.78, 5) is 32.3. The van der Waals surface area contributed by atoms with Gasteiger partial charge >= 0.3 is 6.18 Å². The lowest BCUT2D eigenvalue weighted by Crippen LogP contribution is -2.32. The van der Waals surface area contributed by atoms with Crippen LogP contribution in [0.5, 0.6) is 0 Å². The maximum Gasteiger partial charge on any atom is 0.417 e. The lowest BCUT2D eigenvalue weighted by Gasteiger charge is -2.23. The number of hydrogen-bond acceptors (Lipinski definition) is 6. The summed E-state index contributed by atoms with van der Waals surface area (Å²) in [6.07, 6.45) is -0.0916. The first kappa shape index (κ1) is 33.6. The van der Waals surface area contributed by atoms with Gasteiger partial charge < -0.3 is 15.1 Å². The van der Waals surface area contributed by atoms with Crippen molar-refractivity contribution >= 4 is 46.0 Å². The quantitative estimate of drug-likeness (QED) is 0.163. The number of thiophene rings is 1. The van der Waals surface area contributed by atoms with Crippen molar-refractivity contribution in [2.24, 2.45) is 5.10 Å². The molecule has 44 heavy (non-hydrogen) atoms. The van der Waals surface area contributed by atoms with Gasteiger partial charge in [0.2, 0.25) is 0 Å². The van der Waals surface area contributed by atoms with E-state index in [0.29, 0.717) is 29.1 Å². The molecule has 0 saturated heterocycles. The molecule has 0 unspecified atom stereocenters. The third-order valence-corrected chi connectivity index (χ3v) is 9.17. The van der Waals surface area contributed by atoms with Crippen molar-refractivity contribution in [3.05, 3.63) is 85.7 Å². The van der Waals surface area contributed by atoms with Gasteiger partial charge in [-0.15, -0.1) is 11.3 Å². The van der Waals surface area contributed by atoms with Crippen LogP contribution in [-0.2, 0) is 25.6 Å². The first-order valence-corrected chi connectivity index (χ1v) is 15.8. The number of amides is 2. The van der Waals surface area contributed by atoms with Crippen molar-refractivity contribution in [1.82, 2.24) is 15.2 Å². The Morgan fingerprint density at radius 3 is 2.52 bits per heavy atom. The second-order valence-electron chi connectivity index (χ2n) is 10.8. The zero-order valence-corrected chi connectivity index (χ0v) is 26.6. The van der Waals surface area contributed by atoms with Gasteiger partial charge in [-0.25, -0.2) is 5.43 Å². The molecule has 0 fully saturated rings. The first-order chi connectivity index (χ1) is 21.0. The van der Waals surface area contributed by atoms with Crippen molar-refractivity contribution in [2.75, 3.05) is 38.5 Å². The molecule has 1 aromatic heterocycles. The molecule has 2 amide bonds. The van der Waals surface area contributed by atoms with E-state index in [1.54, 1.807) is 6.07 Å². The number of hydrazone groups is 1. The fraction of sp³-hybridized carbons (Fsp3) is 0.406. The molecule has 4 rings (SSSR count). The topological polar surface area (TPSA) is 77.0 Å². The molecular formula is C32H37ClF3N5O2S. The van der Waals surface area contributed by atoms with Gasteiger partial charge in [-0.1, -0.05) is 43.6 Å². The monoisotopic (exact) mass is 647 g/mol. The van der Waals surface area contributed by atoms with E-state index in [2.05, 4.69) is 46.5 Å². The van der Waals surface area contributed by atoms with Crippen LogP contribution in [0.25, 0.3) is 0 Å². The fourth-order valence-electron chi connectivity index (χ4n) is 5.18. The normalized spacial score (nSPS) is 13.5. The van der Waals surface area contributed by atoms with Gasteiger partial charge in [-0.05, 0) is 86.8 Å². The van der Waals surface area contributed by atoms with Crippen LogP contribution in [0.3, 0.4) is 0 Å². The summed E-state index contributed by atoms with van der Waals surface area (Å²) >= 11 is 7.08. The maximum absolute atomic E-state index is 13.4. The fourth-order valence-corrected chi connectivity index (χ4v) is 6.69. The largest absolute Gasteiger partial charge is 0.417 e. The Bertz CT molecular complexity index is 1500. The number of rotatable bonds is 12. The van der Waals surface area contributed by atoms with E-state index in [1.165, 1.54) is 17.4 Å².